The van der Waals surface area contributed by atoms with Crippen LogP contribution >= 0.6 is 0 Å². The van der Waals surface area contributed by atoms with Crippen molar-refractivity contribution < 1.29 is 8.78 Å². The van der Waals surface area contributed by atoms with E-state index in [9.17, 15) is 4.39 Å². The number of piperidine rings is 1. The van der Waals surface area contributed by atoms with Gasteiger partial charge in [0.25, 0.3) is 0 Å². The lowest BCUT2D eigenvalue weighted by molar-refractivity contribution is 0.220. The highest BCUT2D eigenvalue weighted by atomic mass is 19.1. The van der Waals surface area contributed by atoms with Gasteiger partial charge >= 0.3 is 0 Å². The number of likely N-dealkylation sites (tertiary alicyclic amines) is 1. The highest BCUT2D eigenvalue weighted by Crippen LogP contribution is 2.34. The van der Waals surface area contributed by atoms with E-state index in [-0.39, 0.29) is 11.6 Å². The number of nitrogens with one attached hydrogen (secondary N) is 2. The highest BCUT2D eigenvalue weighted by molar-refractivity contribution is 6.13. The van der Waals surface area contributed by atoms with E-state index in [0.29, 0.717) is 52.4 Å². The predicted octanol–water partition coefficient (Wildman–Crippen LogP) is 5.67. The number of halogens is 2. The molecular weight excluding hydrogens is 496 g/mol. The molecule has 1 saturated heterocycles. The second-order valence-corrected chi connectivity index (χ2v) is 10.2. The number of rotatable bonds is 5. The van der Waals surface area contributed by atoms with E-state index in [1.54, 1.807) is 24.4 Å². The molecule has 39 heavy (non-hydrogen) atoms. The van der Waals surface area contributed by atoms with Gasteiger partial charge in [-0.1, -0.05) is 6.42 Å². The quantitative estimate of drug-likeness (QED) is 0.311. The topological polar surface area (TPSA) is 85.8 Å². The minimum Gasteiger partial charge on any atom is -0.340 e. The van der Waals surface area contributed by atoms with Gasteiger partial charge in [0.1, 0.15) is 23.0 Å². The fraction of sp³-hybridized carbons (Fsp3) is 0.267. The van der Waals surface area contributed by atoms with Crippen LogP contribution in [-0.4, -0.2) is 55.4 Å². The summed E-state index contributed by atoms with van der Waals surface area (Å²) in [7, 11) is 0. The van der Waals surface area contributed by atoms with Crippen LogP contribution in [0.5, 0.6) is 0 Å². The number of imidazole rings is 1. The third-order valence-electron chi connectivity index (χ3n) is 7.60. The lowest BCUT2D eigenvalue weighted by Gasteiger charge is -2.26. The number of fused-ring (bicyclic) bond motifs is 2. The molecule has 0 saturated carbocycles. The number of pyridine rings is 1. The van der Waals surface area contributed by atoms with Crippen molar-refractivity contribution in [3.63, 3.8) is 0 Å². The van der Waals surface area contributed by atoms with Crippen LogP contribution in [0, 0.1) is 11.6 Å². The normalized spacial score (nSPS) is 15.9. The monoisotopic (exact) mass is 523 g/mol. The molecule has 0 unspecified atom stereocenters. The Morgan fingerprint density at radius 1 is 0.897 bits per heavy atom. The predicted molar refractivity (Wildman–Crippen MR) is 147 cm³/mol. The minimum atomic E-state index is -0.366. The summed E-state index contributed by atoms with van der Waals surface area (Å²) in [5.74, 6) is -0.203. The molecule has 0 aliphatic carbocycles. The van der Waals surface area contributed by atoms with E-state index in [0.717, 1.165) is 42.0 Å². The molecule has 9 heteroatoms. The van der Waals surface area contributed by atoms with Crippen molar-refractivity contribution >= 4 is 16.6 Å². The Kier molecular flexibility index (Phi) is 6.00. The number of aliphatic imine (C=N–C) groups is 1. The van der Waals surface area contributed by atoms with Gasteiger partial charge in [-0.05, 0) is 74.0 Å². The Bertz CT molecular complexity index is 1690. The zero-order chi connectivity index (χ0) is 26.3. The maximum Gasteiger partial charge on any atom is 0.159 e. The molecule has 2 N–H and O–H groups in total. The Morgan fingerprint density at radius 2 is 1.74 bits per heavy atom. The lowest BCUT2D eigenvalue weighted by Crippen LogP contribution is -2.29. The molecule has 5 aromatic rings. The molecule has 3 aromatic heterocycles. The van der Waals surface area contributed by atoms with E-state index in [4.69, 9.17) is 4.98 Å². The number of aromatic nitrogens is 5. The Balaban J connectivity index is 1.25. The second-order valence-electron chi connectivity index (χ2n) is 10.2. The van der Waals surface area contributed by atoms with Crippen LogP contribution in [0.4, 0.5) is 8.78 Å². The van der Waals surface area contributed by atoms with Crippen molar-refractivity contribution in [3.8, 4) is 22.6 Å². The van der Waals surface area contributed by atoms with Gasteiger partial charge < -0.3 is 4.98 Å². The summed E-state index contributed by atoms with van der Waals surface area (Å²) in [6.45, 7) is 3.58. The summed E-state index contributed by atoms with van der Waals surface area (Å²) in [6, 6.07) is 11.9. The fourth-order valence-corrected chi connectivity index (χ4v) is 5.65. The molecule has 7 rings (SSSR count). The van der Waals surface area contributed by atoms with Crippen molar-refractivity contribution in [1.29, 1.82) is 0 Å². The first kappa shape index (κ1) is 23.8. The molecule has 2 aromatic carbocycles. The molecule has 0 bridgehead atoms. The van der Waals surface area contributed by atoms with Crippen molar-refractivity contribution in [2.24, 2.45) is 4.99 Å². The molecule has 7 nitrogen and oxygen atoms in total. The Hall–Kier alpha value is -4.24. The number of benzene rings is 2. The summed E-state index contributed by atoms with van der Waals surface area (Å²) in [6.07, 6.45) is 7.97. The summed E-state index contributed by atoms with van der Waals surface area (Å²) >= 11 is 0. The molecule has 5 heterocycles. The third kappa shape index (κ3) is 4.42. The van der Waals surface area contributed by atoms with Crippen LogP contribution in [0.1, 0.15) is 41.8 Å². The van der Waals surface area contributed by atoms with Crippen LogP contribution in [0.2, 0.25) is 0 Å². The third-order valence-corrected chi connectivity index (χ3v) is 7.60. The highest BCUT2D eigenvalue weighted by Gasteiger charge is 2.25. The number of hydrogen-bond acceptors (Lipinski definition) is 5. The van der Waals surface area contributed by atoms with E-state index in [1.165, 1.54) is 31.4 Å². The first-order valence-electron chi connectivity index (χ1n) is 13.4. The molecule has 0 amide bonds. The van der Waals surface area contributed by atoms with E-state index in [2.05, 4.69) is 30.1 Å². The zero-order valence-corrected chi connectivity index (χ0v) is 21.3. The molecule has 1 fully saturated rings. The van der Waals surface area contributed by atoms with Crippen LogP contribution in [0.15, 0.2) is 59.9 Å². The second kappa shape index (κ2) is 9.81. The molecule has 0 spiro atoms. The fourth-order valence-electron chi connectivity index (χ4n) is 5.65. The standard InChI is InChI=1S/C30H27F2N7/c31-21-6-4-19(5-7-21)27-28-24(10-11-34-27)35-30(36-28)29-25-23(37-38-29)9-8-22(26(25)32)20-14-18(15-33-16-20)17-39-12-2-1-3-13-39/h4-9,14-16H,1-3,10-13,17H2,(H,35,36)(H,37,38). The van der Waals surface area contributed by atoms with Crippen molar-refractivity contribution in [2.75, 3.05) is 19.6 Å². The number of hydrogen-bond donors (Lipinski definition) is 2. The summed E-state index contributed by atoms with van der Waals surface area (Å²) in [5.41, 5.74) is 6.35. The van der Waals surface area contributed by atoms with Gasteiger partial charge in [-0.25, -0.2) is 13.8 Å². The van der Waals surface area contributed by atoms with Gasteiger partial charge in [0, 0.05) is 54.3 Å². The molecule has 0 radical (unpaired) electrons. The maximum atomic E-state index is 16.2. The van der Waals surface area contributed by atoms with Crippen LogP contribution in [-0.2, 0) is 13.0 Å². The van der Waals surface area contributed by atoms with Gasteiger partial charge in [-0.15, -0.1) is 0 Å². The van der Waals surface area contributed by atoms with Gasteiger partial charge in [0.05, 0.1) is 16.6 Å². The summed E-state index contributed by atoms with van der Waals surface area (Å²) in [5, 5.41) is 7.77. The molecule has 2 aliphatic heterocycles. The molecule has 2 aliphatic rings. The summed E-state index contributed by atoms with van der Waals surface area (Å²) < 4.78 is 29.7. The molecular formula is C30H27F2N7. The Morgan fingerprint density at radius 3 is 2.59 bits per heavy atom. The van der Waals surface area contributed by atoms with Crippen molar-refractivity contribution in [3.05, 3.63) is 89.0 Å². The largest absolute Gasteiger partial charge is 0.340 e. The van der Waals surface area contributed by atoms with Gasteiger partial charge in [0.15, 0.2) is 5.82 Å². The first-order valence-corrected chi connectivity index (χ1v) is 13.4. The van der Waals surface area contributed by atoms with Crippen LogP contribution in [0.25, 0.3) is 33.5 Å². The van der Waals surface area contributed by atoms with E-state index in [1.807, 2.05) is 18.3 Å². The average Bonchev–Trinajstić information content (AvgIpc) is 3.59. The number of H-pyrrole nitrogens is 2. The SMILES string of the molecule is Fc1ccc(C2=NCCc3[nH]c(-c4n[nH]c5ccc(-c6cncc(CN7CCCCC7)c6)c(F)c45)nc32)cc1. The van der Waals surface area contributed by atoms with Crippen molar-refractivity contribution in [1.82, 2.24) is 30.0 Å². The van der Waals surface area contributed by atoms with Crippen LogP contribution < -0.4 is 0 Å². The smallest absolute Gasteiger partial charge is 0.159 e. The maximum absolute atomic E-state index is 16.2. The van der Waals surface area contributed by atoms with Crippen molar-refractivity contribution in [2.45, 2.75) is 32.2 Å². The van der Waals surface area contributed by atoms with E-state index >= 15 is 4.39 Å². The number of aromatic amines is 2. The molecule has 0 atom stereocenters. The lowest BCUT2D eigenvalue weighted by atomic mass is 10.0. The van der Waals surface area contributed by atoms with Gasteiger partial charge in [0.2, 0.25) is 0 Å². The van der Waals surface area contributed by atoms with Crippen LogP contribution in [0.3, 0.4) is 0 Å². The van der Waals surface area contributed by atoms with E-state index < -0.39 is 0 Å². The minimum absolute atomic E-state index is 0.306. The molecule has 196 valence electrons. The number of nitrogens with zero attached hydrogens (tertiary/aromatic N) is 5. The summed E-state index contributed by atoms with van der Waals surface area (Å²) in [4.78, 5) is 19.7. The average molecular weight is 524 g/mol. The van der Waals surface area contributed by atoms with Gasteiger partial charge in [-0.3, -0.25) is 20.0 Å². The Labute approximate surface area is 224 Å². The van der Waals surface area contributed by atoms with Gasteiger partial charge in [-0.2, -0.15) is 5.10 Å². The first-order chi connectivity index (χ1) is 19.1. The zero-order valence-electron chi connectivity index (χ0n) is 21.3.